The van der Waals surface area contributed by atoms with E-state index >= 15 is 0 Å². The first-order chi connectivity index (χ1) is 18.8. The van der Waals surface area contributed by atoms with Crippen molar-refractivity contribution < 1.29 is 42.4 Å². The fourth-order valence-electron chi connectivity index (χ4n) is 3.11. The zero-order valence-electron chi connectivity index (χ0n) is 21.3. The summed E-state index contributed by atoms with van der Waals surface area (Å²) in [5, 5.41) is 6.25. The molecule has 0 aliphatic carbocycles. The van der Waals surface area contributed by atoms with Crippen molar-refractivity contribution in [2.45, 2.75) is 6.18 Å². The molecular weight excluding hydrogens is 698 g/mol. The van der Waals surface area contributed by atoms with Crippen LogP contribution in [-0.2, 0) is 40.4 Å². The van der Waals surface area contributed by atoms with Crippen LogP contribution in [0.2, 0.25) is 0 Å². The van der Waals surface area contributed by atoms with E-state index in [-0.39, 0.29) is 31.6 Å². The van der Waals surface area contributed by atoms with Gasteiger partial charge in [0.1, 0.15) is 5.82 Å². The molecule has 0 atom stereocenters. The van der Waals surface area contributed by atoms with E-state index in [1.54, 1.807) is 12.1 Å². The van der Waals surface area contributed by atoms with Gasteiger partial charge in [-0.1, -0.05) is 17.4 Å². The molecule has 207 valence electrons. The fourth-order valence-corrected chi connectivity index (χ4v) is 3.11. The smallest absolute Gasteiger partial charge is 0.413 e. The van der Waals surface area contributed by atoms with Gasteiger partial charge in [0.05, 0.1) is 19.8 Å². The normalized spacial score (nSPS) is 10.4. The Morgan fingerprint density at radius 1 is 0.800 bits per heavy atom. The van der Waals surface area contributed by atoms with Crippen LogP contribution < -0.4 is 14.2 Å². The van der Waals surface area contributed by atoms with E-state index < -0.39 is 12.0 Å². The van der Waals surface area contributed by atoms with Gasteiger partial charge in [-0.3, -0.25) is 10.1 Å². The van der Waals surface area contributed by atoms with E-state index in [0.717, 1.165) is 11.4 Å². The summed E-state index contributed by atoms with van der Waals surface area (Å²) in [5.41, 5.74) is 2.29. The standard InChI is InChI=1S/2C10H9N2.C8H4F3N4.Ir/c2*1-11-7-8-12(9-11)10-5-3-2-4-6-10;9-8(10,11)7-13-6(14-15-7)5-3-1-2-4-12-5;/h2*2-5,7-8H,1H3;1-4H;/q3*-1;. The number of aryl methyl sites for hydroxylation is 2. The van der Waals surface area contributed by atoms with Crippen LogP contribution in [0.25, 0.3) is 22.9 Å². The third-order valence-corrected chi connectivity index (χ3v) is 4.91. The molecule has 1 radical (unpaired) electrons. The van der Waals surface area contributed by atoms with Crippen molar-refractivity contribution in [2.24, 2.45) is 14.1 Å². The molecule has 0 aliphatic rings. The zero-order chi connectivity index (χ0) is 27.7. The number of pyridine rings is 1. The van der Waals surface area contributed by atoms with Gasteiger partial charge in [0.2, 0.25) is 12.7 Å². The first kappa shape index (κ1) is 30.1. The molecule has 0 saturated heterocycles. The monoisotopic (exact) mass is 720 g/mol. The van der Waals surface area contributed by atoms with Crippen LogP contribution in [0.4, 0.5) is 13.2 Å². The van der Waals surface area contributed by atoms with Crippen molar-refractivity contribution in [1.82, 2.24) is 29.3 Å². The van der Waals surface area contributed by atoms with Crippen LogP contribution in [0.1, 0.15) is 5.82 Å². The fraction of sp³-hybridized carbons (Fsp3) is 0.107. The average Bonchev–Trinajstić information content (AvgIpc) is 3.72. The van der Waals surface area contributed by atoms with Crippen LogP contribution in [0.3, 0.4) is 0 Å². The largest absolute Gasteiger partial charge is 0.429 e. The molecule has 12 heteroatoms. The first-order valence-corrected chi connectivity index (χ1v) is 11.5. The summed E-state index contributed by atoms with van der Waals surface area (Å²) in [5.74, 6) is -1.37. The van der Waals surface area contributed by atoms with E-state index in [1.807, 2.05) is 106 Å². The van der Waals surface area contributed by atoms with Crippen molar-refractivity contribution in [1.29, 1.82) is 0 Å². The minimum absolute atomic E-state index is 0. The molecule has 0 spiro atoms. The van der Waals surface area contributed by atoms with E-state index in [0.29, 0.717) is 0 Å². The molecule has 0 fully saturated rings. The molecule has 0 aliphatic heterocycles. The third-order valence-electron chi connectivity index (χ3n) is 4.91. The number of aromatic nitrogens is 8. The predicted molar refractivity (Wildman–Crippen MR) is 133 cm³/mol. The van der Waals surface area contributed by atoms with Crippen LogP contribution in [0.15, 0.2) is 97.7 Å². The minimum atomic E-state index is -4.57. The molecule has 6 rings (SSSR count). The number of halogens is 3. The Bertz CT molecular complexity index is 1490. The molecule has 6 aromatic rings. The maximum absolute atomic E-state index is 12.1. The van der Waals surface area contributed by atoms with Crippen molar-refractivity contribution >= 4 is 0 Å². The van der Waals surface area contributed by atoms with Crippen molar-refractivity contribution in [2.75, 3.05) is 0 Å². The number of imidazole rings is 2. The van der Waals surface area contributed by atoms with Crippen LogP contribution >= 0.6 is 0 Å². The molecule has 2 aromatic carbocycles. The van der Waals surface area contributed by atoms with Crippen LogP contribution in [0, 0.1) is 24.8 Å². The average molecular weight is 720 g/mol. The topological polar surface area (TPSA) is 70.4 Å². The summed E-state index contributed by atoms with van der Waals surface area (Å²) >= 11 is 0. The van der Waals surface area contributed by atoms with Gasteiger partial charge in [-0.15, -0.1) is 0 Å². The van der Waals surface area contributed by atoms with Crippen LogP contribution in [0.5, 0.6) is 0 Å². The van der Waals surface area contributed by atoms with Gasteiger partial charge in [-0.05, 0) is 18.0 Å². The summed E-state index contributed by atoms with van der Waals surface area (Å²) in [7, 11) is 3.89. The Kier molecular flexibility index (Phi) is 10.6. The molecule has 0 bridgehead atoms. The molecule has 0 N–H and O–H groups in total. The first-order valence-electron chi connectivity index (χ1n) is 11.5. The number of hydrogen-bond acceptors (Lipinski definition) is 3. The number of para-hydroxylation sites is 2. The van der Waals surface area contributed by atoms with Gasteiger partial charge < -0.3 is 28.4 Å². The van der Waals surface area contributed by atoms with E-state index in [1.165, 1.54) is 12.3 Å². The van der Waals surface area contributed by atoms with E-state index in [4.69, 9.17) is 0 Å². The quantitative estimate of drug-likeness (QED) is 0.208. The molecule has 40 heavy (non-hydrogen) atoms. The number of alkyl halides is 3. The van der Waals surface area contributed by atoms with E-state index in [2.05, 4.69) is 45.0 Å². The number of benzene rings is 2. The summed E-state index contributed by atoms with van der Waals surface area (Å²) in [6.45, 7) is 0. The molecule has 0 saturated carbocycles. The number of nitrogens with zero attached hydrogens (tertiary/aromatic N) is 8. The Balaban J connectivity index is 0.000000165. The molecule has 4 aromatic heterocycles. The second-order valence-electron chi connectivity index (χ2n) is 7.93. The number of rotatable bonds is 3. The Labute approximate surface area is 242 Å². The molecule has 0 amide bonds. The Morgan fingerprint density at radius 3 is 1.73 bits per heavy atom. The van der Waals surface area contributed by atoms with Crippen LogP contribution in [-0.4, -0.2) is 24.2 Å². The second-order valence-corrected chi connectivity index (χ2v) is 7.93. The molecule has 0 unspecified atom stereocenters. The maximum Gasteiger partial charge on any atom is 0.429 e. The summed E-state index contributed by atoms with van der Waals surface area (Å²) < 4.78 is 44.0. The second kappa shape index (κ2) is 14.1. The van der Waals surface area contributed by atoms with E-state index in [9.17, 15) is 13.2 Å². The Hall–Kier alpha value is -4.41. The van der Waals surface area contributed by atoms with Crippen molar-refractivity contribution in [3.05, 3.63) is 128 Å². The maximum atomic E-state index is 12.1. The molecule has 4 heterocycles. The molecule has 8 nitrogen and oxygen atoms in total. The van der Waals surface area contributed by atoms with Gasteiger partial charge in [0, 0.05) is 51.1 Å². The minimum Gasteiger partial charge on any atom is -0.413 e. The summed E-state index contributed by atoms with van der Waals surface area (Å²) in [6, 6.07) is 26.7. The Morgan fingerprint density at radius 2 is 1.35 bits per heavy atom. The summed E-state index contributed by atoms with van der Waals surface area (Å²) in [6.07, 6.45) is 10.9. The molecular formula is C28H22F3IrN8-3. The zero-order valence-corrected chi connectivity index (χ0v) is 23.7. The van der Waals surface area contributed by atoms with Gasteiger partial charge in [-0.25, -0.2) is 0 Å². The van der Waals surface area contributed by atoms with Gasteiger partial charge in [0.15, 0.2) is 0 Å². The van der Waals surface area contributed by atoms with Gasteiger partial charge in [0.25, 0.3) is 0 Å². The third kappa shape index (κ3) is 8.55. The predicted octanol–water partition coefficient (Wildman–Crippen LogP) is 3.32. The van der Waals surface area contributed by atoms with Crippen molar-refractivity contribution in [3.8, 4) is 22.9 Å². The number of hydrogen-bond donors (Lipinski definition) is 0. The van der Waals surface area contributed by atoms with Gasteiger partial charge in [-0.2, -0.15) is 73.8 Å². The SMILES string of the molecule is C[n+]1[c-]n(-c2[c-]cccc2)cc1.C[n+]1[c-]n(-c2[c-]cccc2)cc1.FC(F)(F)c1n[n-]c(-c2ccccn2)n1.[Ir]. The van der Waals surface area contributed by atoms with Crippen molar-refractivity contribution in [3.63, 3.8) is 0 Å². The summed E-state index contributed by atoms with van der Waals surface area (Å²) in [4.78, 5) is 7.05. The van der Waals surface area contributed by atoms with Gasteiger partial charge >= 0.3 is 6.18 Å².